The maximum atomic E-state index is 9.53. The molecule has 14 heavy (non-hydrogen) atoms. The van der Waals surface area contributed by atoms with E-state index in [9.17, 15) is 10.2 Å². The summed E-state index contributed by atoms with van der Waals surface area (Å²) in [4.78, 5) is 0. The fraction of sp³-hybridized carbons (Fsp3) is 1.00. The zero-order chi connectivity index (χ0) is 10.6. The van der Waals surface area contributed by atoms with Crippen LogP contribution in [0.5, 0.6) is 0 Å². The van der Waals surface area contributed by atoms with Gasteiger partial charge in [-0.15, -0.1) is 0 Å². The molecule has 0 saturated carbocycles. The molecule has 1 saturated heterocycles. The number of hydrogen-bond acceptors (Lipinski definition) is 5. The highest BCUT2D eigenvalue weighted by molar-refractivity contribution is 4.73. The Bertz CT molecular complexity index is 171. The first-order chi connectivity index (χ1) is 6.56. The maximum Gasteiger partial charge on any atom is 0.215 e. The van der Waals surface area contributed by atoms with Crippen LogP contribution in [0.1, 0.15) is 20.3 Å². The van der Waals surface area contributed by atoms with Crippen LogP contribution < -0.4 is 0 Å². The molecular weight excluding hydrogens is 188 g/mol. The Morgan fingerprint density at radius 1 is 1.57 bits per heavy atom. The van der Waals surface area contributed by atoms with E-state index in [1.165, 1.54) is 6.92 Å². The molecule has 5 heteroatoms. The predicted octanol–water partition coefficient (Wildman–Crippen LogP) is -0.145. The van der Waals surface area contributed by atoms with Gasteiger partial charge in [-0.1, -0.05) is 0 Å². The second-order valence-electron chi connectivity index (χ2n) is 3.47. The van der Waals surface area contributed by atoms with Crippen molar-refractivity contribution in [1.82, 2.24) is 0 Å². The lowest BCUT2D eigenvalue weighted by Gasteiger charge is -2.38. The van der Waals surface area contributed by atoms with E-state index < -0.39 is 12.1 Å². The molecule has 0 aromatic heterocycles. The molecule has 3 unspecified atom stereocenters. The largest absolute Gasteiger partial charge is 0.382 e. The number of hydrogen-bond donors (Lipinski definition) is 2. The normalized spacial score (nSPS) is 38.6. The van der Waals surface area contributed by atoms with Gasteiger partial charge in [-0.25, -0.2) is 0 Å². The Balaban J connectivity index is 2.29. The van der Waals surface area contributed by atoms with Gasteiger partial charge in [0.25, 0.3) is 0 Å². The van der Waals surface area contributed by atoms with Gasteiger partial charge < -0.3 is 24.4 Å². The molecule has 1 aliphatic rings. The maximum absolute atomic E-state index is 9.53. The van der Waals surface area contributed by atoms with Crippen LogP contribution in [0.3, 0.4) is 0 Å². The molecule has 1 heterocycles. The molecule has 0 radical (unpaired) electrons. The van der Waals surface area contributed by atoms with Gasteiger partial charge in [0.2, 0.25) is 12.1 Å². The molecule has 0 aromatic rings. The highest BCUT2D eigenvalue weighted by Gasteiger charge is 2.39. The van der Waals surface area contributed by atoms with E-state index in [1.54, 1.807) is 0 Å². The molecule has 3 atom stereocenters. The van der Waals surface area contributed by atoms with E-state index >= 15 is 0 Å². The molecule has 2 N–H and O–H groups in total. The van der Waals surface area contributed by atoms with Gasteiger partial charge in [0, 0.05) is 13.2 Å². The SMILES string of the molecule is CCOCCC1COC(O)C(C)(O)O1. The smallest absolute Gasteiger partial charge is 0.215 e. The zero-order valence-electron chi connectivity index (χ0n) is 8.60. The fourth-order valence-electron chi connectivity index (χ4n) is 1.28. The lowest BCUT2D eigenvalue weighted by atomic mass is 10.2. The van der Waals surface area contributed by atoms with Gasteiger partial charge in [0.05, 0.1) is 12.7 Å². The van der Waals surface area contributed by atoms with Crippen LogP contribution >= 0.6 is 0 Å². The van der Waals surface area contributed by atoms with E-state index in [4.69, 9.17) is 14.2 Å². The molecule has 0 spiro atoms. The van der Waals surface area contributed by atoms with Crippen LogP contribution in [-0.2, 0) is 14.2 Å². The third-order valence-corrected chi connectivity index (χ3v) is 2.09. The van der Waals surface area contributed by atoms with Gasteiger partial charge in [0.1, 0.15) is 0 Å². The lowest BCUT2D eigenvalue weighted by Crippen LogP contribution is -2.52. The van der Waals surface area contributed by atoms with Crippen molar-refractivity contribution < 1.29 is 24.4 Å². The Kier molecular flexibility index (Phi) is 4.28. The second-order valence-corrected chi connectivity index (χ2v) is 3.47. The molecule has 1 fully saturated rings. The number of rotatable bonds is 4. The van der Waals surface area contributed by atoms with E-state index in [2.05, 4.69) is 0 Å². The summed E-state index contributed by atoms with van der Waals surface area (Å²) >= 11 is 0. The summed E-state index contributed by atoms with van der Waals surface area (Å²) in [5.74, 6) is -1.62. The van der Waals surface area contributed by atoms with E-state index in [1.807, 2.05) is 6.92 Å². The van der Waals surface area contributed by atoms with Crippen molar-refractivity contribution in [3.05, 3.63) is 0 Å². The average Bonchev–Trinajstić information content (AvgIpc) is 2.11. The highest BCUT2D eigenvalue weighted by Crippen LogP contribution is 2.22. The standard InChI is InChI=1S/C9H18O5/c1-3-12-5-4-7-6-13-8(10)9(2,11)14-7/h7-8,10-11H,3-6H2,1-2H3. The Hall–Kier alpha value is -0.200. The zero-order valence-corrected chi connectivity index (χ0v) is 8.60. The van der Waals surface area contributed by atoms with Gasteiger partial charge in [-0.2, -0.15) is 0 Å². The van der Waals surface area contributed by atoms with Crippen molar-refractivity contribution in [2.45, 2.75) is 38.4 Å². The molecular formula is C9H18O5. The van der Waals surface area contributed by atoms with Crippen LogP contribution in [0.15, 0.2) is 0 Å². The average molecular weight is 206 g/mol. The minimum absolute atomic E-state index is 0.222. The highest BCUT2D eigenvalue weighted by atomic mass is 16.7. The van der Waals surface area contributed by atoms with E-state index in [-0.39, 0.29) is 12.7 Å². The Morgan fingerprint density at radius 2 is 2.29 bits per heavy atom. The van der Waals surface area contributed by atoms with Crippen LogP contribution in [0.4, 0.5) is 0 Å². The fourth-order valence-corrected chi connectivity index (χ4v) is 1.28. The molecule has 0 amide bonds. The first-order valence-corrected chi connectivity index (χ1v) is 4.84. The summed E-state index contributed by atoms with van der Waals surface area (Å²) in [5, 5.41) is 18.7. The molecule has 5 nitrogen and oxygen atoms in total. The topological polar surface area (TPSA) is 68.2 Å². The molecule has 0 bridgehead atoms. The number of ether oxygens (including phenoxy) is 3. The predicted molar refractivity (Wildman–Crippen MR) is 48.6 cm³/mol. The summed E-state index contributed by atoms with van der Waals surface area (Å²) in [6, 6.07) is 0. The van der Waals surface area contributed by atoms with Crippen LogP contribution in [0, 0.1) is 0 Å². The van der Waals surface area contributed by atoms with E-state index in [0.717, 1.165) is 0 Å². The van der Waals surface area contributed by atoms with Crippen molar-refractivity contribution in [2.24, 2.45) is 0 Å². The third-order valence-electron chi connectivity index (χ3n) is 2.09. The molecule has 1 rings (SSSR count). The number of aliphatic hydroxyl groups is 2. The second kappa shape index (κ2) is 5.04. The Morgan fingerprint density at radius 3 is 2.86 bits per heavy atom. The van der Waals surface area contributed by atoms with Gasteiger partial charge in [-0.3, -0.25) is 0 Å². The minimum atomic E-state index is -1.62. The Labute approximate surface area is 83.6 Å². The summed E-state index contributed by atoms with van der Waals surface area (Å²) < 4.78 is 15.3. The van der Waals surface area contributed by atoms with Gasteiger partial charge >= 0.3 is 0 Å². The van der Waals surface area contributed by atoms with Crippen LogP contribution in [0.2, 0.25) is 0 Å². The summed E-state index contributed by atoms with van der Waals surface area (Å²) in [6.45, 7) is 4.80. The van der Waals surface area contributed by atoms with Crippen molar-refractivity contribution in [1.29, 1.82) is 0 Å². The molecule has 0 aliphatic carbocycles. The van der Waals surface area contributed by atoms with Crippen molar-refractivity contribution in [3.8, 4) is 0 Å². The van der Waals surface area contributed by atoms with Gasteiger partial charge in [-0.05, 0) is 20.3 Å². The van der Waals surface area contributed by atoms with Crippen molar-refractivity contribution >= 4 is 0 Å². The van der Waals surface area contributed by atoms with E-state index in [0.29, 0.717) is 19.6 Å². The monoisotopic (exact) mass is 206 g/mol. The molecule has 84 valence electrons. The van der Waals surface area contributed by atoms with Crippen molar-refractivity contribution in [3.63, 3.8) is 0 Å². The minimum Gasteiger partial charge on any atom is -0.382 e. The van der Waals surface area contributed by atoms with Crippen molar-refractivity contribution in [2.75, 3.05) is 19.8 Å². The summed E-state index contributed by atoms with van der Waals surface area (Å²) in [6.07, 6.45) is -0.845. The van der Waals surface area contributed by atoms with Crippen LogP contribution in [0.25, 0.3) is 0 Å². The third kappa shape index (κ3) is 3.18. The molecule has 1 aliphatic heterocycles. The lowest BCUT2D eigenvalue weighted by molar-refractivity contribution is -0.371. The summed E-state index contributed by atoms with van der Waals surface area (Å²) in [5.41, 5.74) is 0. The summed E-state index contributed by atoms with van der Waals surface area (Å²) in [7, 11) is 0. The van der Waals surface area contributed by atoms with Crippen LogP contribution in [-0.4, -0.2) is 48.2 Å². The quantitative estimate of drug-likeness (QED) is 0.626. The number of aliphatic hydroxyl groups excluding tert-OH is 1. The first-order valence-electron chi connectivity index (χ1n) is 4.84. The molecule has 0 aromatic carbocycles. The van der Waals surface area contributed by atoms with Gasteiger partial charge in [0.15, 0.2) is 0 Å². The first kappa shape index (κ1) is 11.9.